The number of carbonyl (C=O) groups excluding carboxylic acids is 1. The second kappa shape index (κ2) is 8.22. The summed E-state index contributed by atoms with van der Waals surface area (Å²) in [4.78, 5) is 15.2. The van der Waals surface area contributed by atoms with Gasteiger partial charge in [0.15, 0.2) is 0 Å². The molecule has 6 heteroatoms. The summed E-state index contributed by atoms with van der Waals surface area (Å²) in [5, 5.41) is 12.4. The zero-order valence-corrected chi connectivity index (χ0v) is 15.9. The van der Waals surface area contributed by atoms with E-state index in [0.717, 1.165) is 32.1 Å². The summed E-state index contributed by atoms with van der Waals surface area (Å²) in [6.45, 7) is 0. The molecule has 0 saturated carbocycles. The lowest BCUT2D eigenvalue weighted by Gasteiger charge is -2.34. The molecule has 2 N–H and O–H groups in total. The van der Waals surface area contributed by atoms with Crippen molar-refractivity contribution in [2.45, 2.75) is 44.1 Å². The summed E-state index contributed by atoms with van der Waals surface area (Å²) in [7, 11) is 0. The van der Waals surface area contributed by atoms with Gasteiger partial charge in [0.2, 0.25) is 6.08 Å². The second-order valence-electron chi connectivity index (χ2n) is 6.76. The molecule has 136 valence electrons. The van der Waals surface area contributed by atoms with Crippen LogP contribution in [0.25, 0.3) is 0 Å². The number of hydrogen-bond acceptors (Lipinski definition) is 3. The monoisotopic (exact) mass is 389 g/mol. The van der Waals surface area contributed by atoms with Crippen LogP contribution in [0.1, 0.15) is 38.5 Å². The zero-order valence-electron chi connectivity index (χ0n) is 14.4. The molecule has 0 heterocycles. The third kappa shape index (κ3) is 3.93. The fraction of sp³-hybridized carbons (Fsp3) is 0.400. The first kappa shape index (κ1) is 18.9. The molecule has 2 unspecified atom stereocenters. The van der Waals surface area contributed by atoms with E-state index in [0.29, 0.717) is 28.1 Å². The number of hydrogen-bond donors (Lipinski definition) is 2. The van der Waals surface area contributed by atoms with E-state index in [1.54, 1.807) is 24.3 Å². The van der Waals surface area contributed by atoms with E-state index in [-0.39, 0.29) is 5.84 Å². The minimum atomic E-state index is -1.04. The van der Waals surface area contributed by atoms with Gasteiger partial charge in [0, 0.05) is 0 Å². The maximum absolute atomic E-state index is 11.1. The van der Waals surface area contributed by atoms with Gasteiger partial charge in [-0.05, 0) is 62.7 Å². The first-order valence-corrected chi connectivity index (χ1v) is 9.59. The highest BCUT2D eigenvalue weighted by molar-refractivity contribution is 6.39. The zero-order chi connectivity index (χ0) is 18.6. The van der Waals surface area contributed by atoms with E-state index >= 15 is 0 Å². The van der Waals surface area contributed by atoms with E-state index in [9.17, 15) is 4.79 Å². The number of amidine groups is 1. The number of rotatable bonds is 4. The van der Waals surface area contributed by atoms with E-state index in [4.69, 9.17) is 28.6 Å². The largest absolute Gasteiger partial charge is 0.339 e. The number of anilines is 1. The normalized spacial score (nSPS) is 25.2. The van der Waals surface area contributed by atoms with Crippen LogP contribution in [-0.2, 0) is 4.79 Å². The van der Waals surface area contributed by atoms with Gasteiger partial charge < -0.3 is 5.32 Å². The molecule has 2 aliphatic carbocycles. The summed E-state index contributed by atoms with van der Waals surface area (Å²) in [5.41, 5.74) is 0.658. The Hall–Kier alpha value is -1.87. The van der Waals surface area contributed by atoms with Gasteiger partial charge in [0.25, 0.3) is 0 Å². The highest BCUT2D eigenvalue weighted by Crippen LogP contribution is 2.38. The summed E-state index contributed by atoms with van der Waals surface area (Å²) >= 11 is 12.4. The Kier molecular flexibility index (Phi) is 5.98. The molecule has 26 heavy (non-hydrogen) atoms. The Bertz CT molecular complexity index is 791. The van der Waals surface area contributed by atoms with Gasteiger partial charge in [-0.25, -0.2) is 4.79 Å². The quantitative estimate of drug-likeness (QED) is 0.290. The number of benzene rings is 1. The summed E-state index contributed by atoms with van der Waals surface area (Å²) < 4.78 is 0. The van der Waals surface area contributed by atoms with Crippen molar-refractivity contribution in [3.05, 3.63) is 52.0 Å². The van der Waals surface area contributed by atoms with Crippen LogP contribution < -0.4 is 5.32 Å². The van der Waals surface area contributed by atoms with Crippen molar-refractivity contribution in [3.63, 3.8) is 0 Å². The number of para-hydroxylation sites is 1. The van der Waals surface area contributed by atoms with Crippen LogP contribution in [-0.4, -0.2) is 17.5 Å². The van der Waals surface area contributed by atoms with E-state index < -0.39 is 5.54 Å². The number of halogens is 2. The molecule has 0 saturated heterocycles. The number of isocyanates is 1. The topological polar surface area (TPSA) is 65.3 Å². The molecular weight excluding hydrogens is 369 g/mol. The van der Waals surface area contributed by atoms with Crippen molar-refractivity contribution in [2.24, 2.45) is 10.9 Å². The fourth-order valence-electron chi connectivity index (χ4n) is 3.70. The molecule has 2 aliphatic rings. The molecule has 0 amide bonds. The second-order valence-corrected chi connectivity index (χ2v) is 7.58. The smallest absolute Gasteiger partial charge is 0.236 e. The van der Waals surface area contributed by atoms with Crippen molar-refractivity contribution in [1.82, 2.24) is 0 Å². The van der Waals surface area contributed by atoms with Crippen LogP contribution in [0.4, 0.5) is 5.69 Å². The first-order chi connectivity index (χ1) is 12.6. The lowest BCUT2D eigenvalue weighted by molar-refractivity contribution is 0.496. The third-order valence-corrected chi connectivity index (χ3v) is 5.70. The van der Waals surface area contributed by atoms with Crippen molar-refractivity contribution >= 4 is 40.8 Å². The molecule has 4 nitrogen and oxygen atoms in total. The highest BCUT2D eigenvalue weighted by atomic mass is 35.5. The number of nitrogens with one attached hydrogen (secondary N) is 2. The van der Waals surface area contributed by atoms with Crippen LogP contribution in [0, 0.1) is 11.3 Å². The Morgan fingerprint density at radius 1 is 1.31 bits per heavy atom. The van der Waals surface area contributed by atoms with E-state index in [2.05, 4.69) is 22.5 Å². The van der Waals surface area contributed by atoms with Gasteiger partial charge in [0.05, 0.1) is 15.7 Å². The van der Waals surface area contributed by atoms with Crippen LogP contribution in [0.2, 0.25) is 10.0 Å². The van der Waals surface area contributed by atoms with Crippen molar-refractivity contribution in [1.29, 1.82) is 5.41 Å². The third-order valence-electron chi connectivity index (χ3n) is 5.07. The maximum Gasteiger partial charge on any atom is 0.236 e. The molecule has 2 atom stereocenters. The minimum absolute atomic E-state index is 0.0906. The average Bonchev–Trinajstić information content (AvgIpc) is 2.66. The lowest BCUT2D eigenvalue weighted by atomic mass is 9.76. The molecule has 1 aromatic carbocycles. The van der Waals surface area contributed by atoms with Gasteiger partial charge in [-0.3, -0.25) is 5.41 Å². The number of nitrogens with zero attached hydrogens (tertiary/aromatic N) is 1. The molecule has 1 aromatic rings. The highest BCUT2D eigenvalue weighted by Gasteiger charge is 2.37. The van der Waals surface area contributed by atoms with Crippen LogP contribution in [0.5, 0.6) is 0 Å². The van der Waals surface area contributed by atoms with Crippen LogP contribution in [0.15, 0.2) is 47.0 Å². The van der Waals surface area contributed by atoms with Crippen molar-refractivity contribution < 1.29 is 4.79 Å². The molecule has 0 aromatic heterocycles. The van der Waals surface area contributed by atoms with Crippen LogP contribution >= 0.6 is 23.2 Å². The predicted octanol–water partition coefficient (Wildman–Crippen LogP) is 5.92. The van der Waals surface area contributed by atoms with Crippen LogP contribution in [0.3, 0.4) is 0 Å². The molecule has 0 radical (unpaired) electrons. The average molecular weight is 390 g/mol. The SMILES string of the molecule is N=C(Nc1c(Cl)cccc1Cl)C1(N=C=O)C=C(C2C=CCCC2)CCC1. The molecule has 0 bridgehead atoms. The summed E-state index contributed by atoms with van der Waals surface area (Å²) in [5.74, 6) is 0.454. The van der Waals surface area contributed by atoms with Gasteiger partial charge in [0.1, 0.15) is 11.4 Å². The molecule has 0 aliphatic heterocycles. The lowest BCUT2D eigenvalue weighted by Crippen LogP contribution is -2.41. The van der Waals surface area contributed by atoms with Gasteiger partial charge in [-0.15, -0.1) is 0 Å². The van der Waals surface area contributed by atoms with Gasteiger partial charge in [-0.2, -0.15) is 4.99 Å². The number of aliphatic imine (C=N–C) groups is 1. The fourth-order valence-corrected chi connectivity index (χ4v) is 4.19. The molecule has 3 rings (SSSR count). The summed E-state index contributed by atoms with van der Waals surface area (Å²) in [6.07, 6.45) is 13.9. The van der Waals surface area contributed by atoms with E-state index in [1.165, 1.54) is 5.57 Å². The molecule has 0 fully saturated rings. The molecule has 0 spiro atoms. The Morgan fingerprint density at radius 3 is 2.73 bits per heavy atom. The Labute approximate surface area is 163 Å². The standard InChI is InChI=1S/C20H21Cl2N3O/c21-16-9-4-10-17(22)18(16)25-19(23)20(24-13-26)11-5-8-15(12-20)14-6-2-1-3-7-14/h2,4,6,9-10,12,14H,1,3,5,7-8,11H2,(H2,23,25). The molecular formula is C20H21Cl2N3O. The Balaban J connectivity index is 1.94. The minimum Gasteiger partial charge on any atom is -0.339 e. The van der Waals surface area contributed by atoms with Gasteiger partial charge in [-0.1, -0.05) is 47.0 Å². The predicted molar refractivity (Wildman–Crippen MR) is 107 cm³/mol. The van der Waals surface area contributed by atoms with E-state index in [1.807, 2.05) is 6.08 Å². The summed E-state index contributed by atoms with van der Waals surface area (Å²) in [6, 6.07) is 5.15. The van der Waals surface area contributed by atoms with Crippen molar-refractivity contribution in [3.8, 4) is 0 Å². The van der Waals surface area contributed by atoms with Crippen molar-refractivity contribution in [2.75, 3.05) is 5.32 Å². The number of allylic oxidation sites excluding steroid dienone is 3. The maximum atomic E-state index is 11.1. The first-order valence-electron chi connectivity index (χ1n) is 8.83. The van der Waals surface area contributed by atoms with Gasteiger partial charge >= 0.3 is 0 Å². The Morgan fingerprint density at radius 2 is 2.08 bits per heavy atom.